The maximum atomic E-state index is 13.1. The molecule has 3 aromatic heterocycles. The Bertz CT molecular complexity index is 1540. The molecule has 0 saturated carbocycles. The van der Waals surface area contributed by atoms with Crippen molar-refractivity contribution in [3.05, 3.63) is 94.5 Å². The fraction of sp³-hybridized carbons (Fsp3) is 0.185. The molecule has 0 unspecified atom stereocenters. The van der Waals surface area contributed by atoms with Gasteiger partial charge in [0.2, 0.25) is 5.91 Å². The Morgan fingerprint density at radius 2 is 1.63 bits per heavy atom. The fourth-order valence-corrected chi connectivity index (χ4v) is 4.58. The van der Waals surface area contributed by atoms with Crippen molar-refractivity contribution in [1.82, 2.24) is 24.5 Å². The van der Waals surface area contributed by atoms with Crippen LogP contribution in [0.15, 0.2) is 66.9 Å². The highest BCUT2D eigenvalue weighted by atomic mass is 35.5. The SMILES string of the molecule is Cc1nn(Cc2ccccc2Cl)c(C)c1NC(=O)Cn1nc(C)c2c(-c3ccccc3)ccnc21. The van der Waals surface area contributed by atoms with Crippen molar-refractivity contribution in [3.63, 3.8) is 0 Å². The second-order valence-corrected chi connectivity index (χ2v) is 8.92. The van der Waals surface area contributed by atoms with E-state index < -0.39 is 0 Å². The van der Waals surface area contributed by atoms with Gasteiger partial charge in [0.25, 0.3) is 0 Å². The topological polar surface area (TPSA) is 77.6 Å². The minimum Gasteiger partial charge on any atom is -0.321 e. The van der Waals surface area contributed by atoms with Crippen molar-refractivity contribution in [3.8, 4) is 11.1 Å². The molecule has 0 saturated heterocycles. The van der Waals surface area contributed by atoms with E-state index in [9.17, 15) is 4.79 Å². The number of benzene rings is 2. The number of hydrogen-bond acceptors (Lipinski definition) is 4. The monoisotopic (exact) mass is 484 g/mol. The predicted molar refractivity (Wildman–Crippen MR) is 139 cm³/mol. The Balaban J connectivity index is 1.39. The van der Waals surface area contributed by atoms with Crippen LogP contribution < -0.4 is 5.32 Å². The number of aryl methyl sites for hydroxylation is 2. The Hall–Kier alpha value is -3.97. The molecule has 0 fully saturated rings. The zero-order valence-corrected chi connectivity index (χ0v) is 20.5. The molecule has 0 aliphatic rings. The van der Waals surface area contributed by atoms with Crippen LogP contribution in [-0.2, 0) is 17.9 Å². The number of aromatic nitrogens is 5. The lowest BCUT2D eigenvalue weighted by Crippen LogP contribution is -2.20. The summed E-state index contributed by atoms with van der Waals surface area (Å²) in [6.07, 6.45) is 1.76. The zero-order chi connectivity index (χ0) is 24.5. The number of halogens is 1. The standard InChI is InChI=1S/C27H25ClN6O/c1-17-25-22(20-9-5-4-6-10-20)13-14-29-27(25)34(31-17)16-24(35)30-26-18(2)32-33(19(26)3)15-21-11-7-8-12-23(21)28/h4-14H,15-16H2,1-3H3,(H,30,35). The molecule has 1 amide bonds. The summed E-state index contributed by atoms with van der Waals surface area (Å²) in [6.45, 7) is 6.33. The minimum absolute atomic E-state index is 0.0458. The Kier molecular flexibility index (Phi) is 6.09. The Morgan fingerprint density at radius 1 is 0.914 bits per heavy atom. The van der Waals surface area contributed by atoms with Crippen LogP contribution in [0.1, 0.15) is 22.6 Å². The summed E-state index contributed by atoms with van der Waals surface area (Å²) in [5, 5.41) is 13.9. The molecule has 0 bridgehead atoms. The van der Waals surface area contributed by atoms with Gasteiger partial charge in [-0.3, -0.25) is 9.48 Å². The Labute approximate surface area is 208 Å². The van der Waals surface area contributed by atoms with Gasteiger partial charge < -0.3 is 5.32 Å². The molecule has 176 valence electrons. The lowest BCUT2D eigenvalue weighted by molar-refractivity contribution is -0.116. The maximum Gasteiger partial charge on any atom is 0.246 e. The third kappa shape index (κ3) is 4.42. The summed E-state index contributed by atoms with van der Waals surface area (Å²) in [5.41, 5.74) is 6.93. The first-order valence-electron chi connectivity index (χ1n) is 11.4. The Morgan fingerprint density at radius 3 is 2.40 bits per heavy atom. The number of fused-ring (bicyclic) bond motifs is 1. The average molecular weight is 485 g/mol. The van der Waals surface area contributed by atoms with Gasteiger partial charge in [0.1, 0.15) is 6.54 Å². The van der Waals surface area contributed by atoms with Crippen molar-refractivity contribution < 1.29 is 4.79 Å². The van der Waals surface area contributed by atoms with E-state index in [2.05, 4.69) is 32.6 Å². The van der Waals surface area contributed by atoms with Gasteiger partial charge >= 0.3 is 0 Å². The van der Waals surface area contributed by atoms with Gasteiger partial charge in [-0.25, -0.2) is 9.67 Å². The van der Waals surface area contributed by atoms with Crippen molar-refractivity contribution in [1.29, 1.82) is 0 Å². The van der Waals surface area contributed by atoms with Crippen molar-refractivity contribution in [2.24, 2.45) is 0 Å². The number of pyridine rings is 1. The molecule has 5 rings (SSSR count). The van der Waals surface area contributed by atoms with Gasteiger partial charge in [-0.05, 0) is 49.6 Å². The summed E-state index contributed by atoms with van der Waals surface area (Å²) in [7, 11) is 0. The van der Waals surface area contributed by atoms with Crippen molar-refractivity contribution >= 4 is 34.2 Å². The highest BCUT2D eigenvalue weighted by molar-refractivity contribution is 6.31. The molecule has 0 spiro atoms. The molecule has 0 aliphatic carbocycles. The van der Waals surface area contributed by atoms with Gasteiger partial charge in [0.05, 0.1) is 29.3 Å². The van der Waals surface area contributed by atoms with Crippen LogP contribution in [0.2, 0.25) is 5.02 Å². The van der Waals surface area contributed by atoms with E-state index in [0.717, 1.165) is 39.2 Å². The average Bonchev–Trinajstić information content (AvgIpc) is 3.31. The van der Waals surface area contributed by atoms with Crippen LogP contribution in [0.3, 0.4) is 0 Å². The second kappa shape index (κ2) is 9.35. The minimum atomic E-state index is -0.190. The summed E-state index contributed by atoms with van der Waals surface area (Å²) in [4.78, 5) is 17.6. The number of hydrogen-bond donors (Lipinski definition) is 1. The molecule has 3 heterocycles. The van der Waals surface area contributed by atoms with Gasteiger partial charge in [-0.15, -0.1) is 0 Å². The molecule has 0 atom stereocenters. The summed E-state index contributed by atoms with van der Waals surface area (Å²) in [5.74, 6) is -0.190. The van der Waals surface area contributed by atoms with E-state index >= 15 is 0 Å². The van der Waals surface area contributed by atoms with E-state index in [4.69, 9.17) is 11.6 Å². The molecular formula is C27H25ClN6O. The number of nitrogens with zero attached hydrogens (tertiary/aromatic N) is 5. The van der Waals surface area contributed by atoms with Gasteiger partial charge in [-0.2, -0.15) is 10.2 Å². The van der Waals surface area contributed by atoms with Crippen molar-refractivity contribution in [2.75, 3.05) is 5.32 Å². The van der Waals surface area contributed by atoms with Crippen LogP contribution in [0.25, 0.3) is 22.2 Å². The smallest absolute Gasteiger partial charge is 0.246 e. The number of carbonyl (C=O) groups excluding carboxylic acids is 1. The third-order valence-corrected chi connectivity index (χ3v) is 6.48. The van der Waals surface area contributed by atoms with E-state index in [1.54, 1.807) is 10.9 Å². The summed E-state index contributed by atoms with van der Waals surface area (Å²) in [6, 6.07) is 19.8. The molecular weight excluding hydrogens is 460 g/mol. The van der Waals surface area contributed by atoms with Gasteiger partial charge in [0.15, 0.2) is 5.65 Å². The summed E-state index contributed by atoms with van der Waals surface area (Å²) >= 11 is 6.32. The maximum absolute atomic E-state index is 13.1. The number of nitrogens with one attached hydrogen (secondary N) is 1. The molecule has 2 aromatic carbocycles. The lowest BCUT2D eigenvalue weighted by atomic mass is 10.0. The molecule has 1 N–H and O–H groups in total. The van der Waals surface area contributed by atoms with Crippen LogP contribution >= 0.6 is 11.6 Å². The van der Waals surface area contributed by atoms with Crippen molar-refractivity contribution in [2.45, 2.75) is 33.9 Å². The summed E-state index contributed by atoms with van der Waals surface area (Å²) < 4.78 is 3.51. The van der Waals surface area contributed by atoms with Crippen LogP contribution in [0.4, 0.5) is 5.69 Å². The van der Waals surface area contributed by atoms with Gasteiger partial charge in [-0.1, -0.05) is 60.1 Å². The van der Waals surface area contributed by atoms with E-state index in [1.807, 2.05) is 74.0 Å². The molecule has 35 heavy (non-hydrogen) atoms. The predicted octanol–water partition coefficient (Wildman–Crippen LogP) is 5.56. The largest absolute Gasteiger partial charge is 0.321 e. The molecule has 8 heteroatoms. The van der Waals surface area contributed by atoms with Crippen LogP contribution in [-0.4, -0.2) is 30.5 Å². The molecule has 0 radical (unpaired) electrons. The van der Waals surface area contributed by atoms with Crippen LogP contribution in [0.5, 0.6) is 0 Å². The molecule has 7 nitrogen and oxygen atoms in total. The molecule has 5 aromatic rings. The van der Waals surface area contributed by atoms with E-state index in [0.29, 0.717) is 22.9 Å². The fourth-order valence-electron chi connectivity index (χ4n) is 4.38. The number of amides is 1. The van der Waals surface area contributed by atoms with Gasteiger partial charge in [0, 0.05) is 16.6 Å². The second-order valence-electron chi connectivity index (χ2n) is 8.51. The lowest BCUT2D eigenvalue weighted by Gasteiger charge is -2.09. The first-order valence-corrected chi connectivity index (χ1v) is 11.7. The number of carbonyl (C=O) groups is 1. The van der Waals surface area contributed by atoms with E-state index in [1.165, 1.54) is 0 Å². The quantitative estimate of drug-likeness (QED) is 0.342. The third-order valence-electron chi connectivity index (χ3n) is 6.11. The normalized spacial score (nSPS) is 11.2. The first kappa shape index (κ1) is 22.8. The number of rotatable bonds is 6. The van der Waals surface area contributed by atoms with Crippen LogP contribution in [0, 0.1) is 20.8 Å². The number of anilines is 1. The highest BCUT2D eigenvalue weighted by Crippen LogP contribution is 2.30. The molecule has 0 aliphatic heterocycles. The first-order chi connectivity index (χ1) is 16.9. The van der Waals surface area contributed by atoms with E-state index in [-0.39, 0.29) is 12.5 Å². The highest BCUT2D eigenvalue weighted by Gasteiger charge is 2.19. The zero-order valence-electron chi connectivity index (χ0n) is 19.8.